The van der Waals surface area contributed by atoms with Crippen molar-refractivity contribution in [2.24, 2.45) is 0 Å². The number of carbonyl (C=O) groups is 1. The van der Waals surface area contributed by atoms with Gasteiger partial charge in [0.25, 0.3) is 0 Å². The number of hydrogen-bond donors (Lipinski definition) is 1. The van der Waals surface area contributed by atoms with E-state index in [2.05, 4.69) is 10.3 Å². The predicted molar refractivity (Wildman–Crippen MR) is 52.7 cm³/mol. The Morgan fingerprint density at radius 3 is 3.14 bits per heavy atom. The first-order chi connectivity index (χ1) is 6.86. The fourth-order valence-corrected chi connectivity index (χ4v) is 1.52. The highest BCUT2D eigenvalue weighted by Gasteiger charge is 2.17. The van der Waals surface area contributed by atoms with Gasteiger partial charge in [-0.2, -0.15) is 0 Å². The molecule has 1 fully saturated rings. The molecule has 0 atom stereocenters. The minimum absolute atomic E-state index is 0.0157. The summed E-state index contributed by atoms with van der Waals surface area (Å²) in [5.74, 6) is 0. The summed E-state index contributed by atoms with van der Waals surface area (Å²) in [4.78, 5) is 17.4. The molecule has 2 heterocycles. The van der Waals surface area contributed by atoms with Gasteiger partial charge in [-0.25, -0.2) is 4.79 Å². The van der Waals surface area contributed by atoms with E-state index in [1.807, 2.05) is 18.2 Å². The molecule has 0 spiro atoms. The van der Waals surface area contributed by atoms with Crippen LogP contribution in [0.3, 0.4) is 0 Å². The van der Waals surface area contributed by atoms with Gasteiger partial charge < -0.3 is 10.2 Å². The minimum atomic E-state index is 0.0157. The van der Waals surface area contributed by atoms with Crippen molar-refractivity contribution in [1.29, 1.82) is 0 Å². The Hall–Kier alpha value is -1.58. The molecule has 1 saturated heterocycles. The van der Waals surface area contributed by atoms with Gasteiger partial charge >= 0.3 is 6.03 Å². The van der Waals surface area contributed by atoms with Crippen molar-refractivity contribution in [3.05, 3.63) is 30.1 Å². The minimum Gasteiger partial charge on any atom is -0.338 e. The number of urea groups is 1. The first-order valence-corrected chi connectivity index (χ1v) is 4.79. The number of carbonyl (C=O) groups excluding carboxylic acids is 1. The quantitative estimate of drug-likeness (QED) is 0.757. The molecular weight excluding hydrogens is 178 g/mol. The van der Waals surface area contributed by atoms with E-state index in [-0.39, 0.29) is 6.03 Å². The molecule has 0 aromatic carbocycles. The number of nitrogens with one attached hydrogen (secondary N) is 1. The van der Waals surface area contributed by atoms with Crippen molar-refractivity contribution in [3.8, 4) is 0 Å². The third-order valence-corrected chi connectivity index (χ3v) is 2.25. The topological polar surface area (TPSA) is 45.2 Å². The fourth-order valence-electron chi connectivity index (χ4n) is 1.52. The molecule has 14 heavy (non-hydrogen) atoms. The van der Waals surface area contributed by atoms with E-state index in [1.165, 1.54) is 0 Å². The molecule has 74 valence electrons. The first-order valence-electron chi connectivity index (χ1n) is 4.79. The Bertz CT molecular complexity index is 312. The maximum Gasteiger partial charge on any atom is 0.317 e. The molecule has 0 saturated carbocycles. The average molecular weight is 191 g/mol. The van der Waals surface area contributed by atoms with Crippen molar-refractivity contribution in [1.82, 2.24) is 15.2 Å². The standard InChI is InChI=1S/C10H13N3O/c14-10-12-6-3-7-13(10)8-9-4-1-2-5-11-9/h1-2,4-5H,3,6-8H2,(H,12,14). The van der Waals surface area contributed by atoms with Crippen molar-refractivity contribution < 1.29 is 4.79 Å². The van der Waals surface area contributed by atoms with Gasteiger partial charge in [-0.1, -0.05) is 6.07 Å². The second kappa shape index (κ2) is 4.09. The Kier molecular flexibility index (Phi) is 2.62. The van der Waals surface area contributed by atoms with Crippen LogP contribution in [0.4, 0.5) is 4.79 Å². The van der Waals surface area contributed by atoms with Gasteiger partial charge in [-0.15, -0.1) is 0 Å². The number of aromatic nitrogens is 1. The molecule has 1 aliphatic rings. The largest absolute Gasteiger partial charge is 0.338 e. The Labute approximate surface area is 82.9 Å². The SMILES string of the molecule is O=C1NCCCN1Cc1ccccn1. The lowest BCUT2D eigenvalue weighted by molar-refractivity contribution is 0.182. The van der Waals surface area contributed by atoms with Crippen molar-refractivity contribution in [2.45, 2.75) is 13.0 Å². The fraction of sp³-hybridized carbons (Fsp3) is 0.400. The molecule has 1 aliphatic heterocycles. The van der Waals surface area contributed by atoms with Crippen LogP contribution in [0.2, 0.25) is 0 Å². The van der Waals surface area contributed by atoms with E-state index in [0.717, 1.165) is 25.2 Å². The molecule has 0 bridgehead atoms. The number of pyridine rings is 1. The Balaban J connectivity index is 2.00. The van der Waals surface area contributed by atoms with Crippen molar-refractivity contribution in [3.63, 3.8) is 0 Å². The van der Waals surface area contributed by atoms with Gasteiger partial charge in [0.15, 0.2) is 0 Å². The highest BCUT2D eigenvalue weighted by Crippen LogP contribution is 2.05. The van der Waals surface area contributed by atoms with Crippen LogP contribution in [0.15, 0.2) is 24.4 Å². The van der Waals surface area contributed by atoms with Gasteiger partial charge in [0, 0.05) is 19.3 Å². The summed E-state index contributed by atoms with van der Waals surface area (Å²) >= 11 is 0. The van der Waals surface area contributed by atoms with Gasteiger partial charge in [-0.05, 0) is 18.6 Å². The van der Waals surface area contributed by atoms with Crippen LogP contribution in [-0.2, 0) is 6.54 Å². The van der Waals surface area contributed by atoms with Crippen molar-refractivity contribution in [2.75, 3.05) is 13.1 Å². The van der Waals surface area contributed by atoms with Crippen molar-refractivity contribution >= 4 is 6.03 Å². The van der Waals surface area contributed by atoms with Crippen LogP contribution in [0.25, 0.3) is 0 Å². The van der Waals surface area contributed by atoms with E-state index in [9.17, 15) is 4.79 Å². The zero-order valence-corrected chi connectivity index (χ0v) is 7.94. The van der Waals surface area contributed by atoms with Crippen LogP contribution >= 0.6 is 0 Å². The summed E-state index contributed by atoms with van der Waals surface area (Å²) in [7, 11) is 0. The van der Waals surface area contributed by atoms with Gasteiger partial charge in [0.1, 0.15) is 0 Å². The maximum atomic E-state index is 11.4. The highest BCUT2D eigenvalue weighted by molar-refractivity contribution is 5.74. The molecule has 1 aromatic heterocycles. The molecule has 0 radical (unpaired) electrons. The summed E-state index contributed by atoms with van der Waals surface area (Å²) in [5, 5.41) is 2.81. The molecule has 2 amide bonds. The van der Waals surface area contributed by atoms with Crippen LogP contribution in [0.5, 0.6) is 0 Å². The summed E-state index contributed by atoms with van der Waals surface area (Å²) < 4.78 is 0. The number of hydrogen-bond acceptors (Lipinski definition) is 2. The molecule has 2 rings (SSSR count). The molecule has 1 N–H and O–H groups in total. The molecular formula is C10H13N3O. The third kappa shape index (κ3) is 2.02. The summed E-state index contributed by atoms with van der Waals surface area (Å²) in [6, 6.07) is 5.76. The van der Waals surface area contributed by atoms with Gasteiger partial charge in [0.05, 0.1) is 12.2 Å². The van der Waals surface area contributed by atoms with E-state index in [0.29, 0.717) is 6.54 Å². The Morgan fingerprint density at radius 2 is 2.43 bits per heavy atom. The van der Waals surface area contributed by atoms with Crippen LogP contribution < -0.4 is 5.32 Å². The zero-order valence-electron chi connectivity index (χ0n) is 7.94. The maximum absolute atomic E-state index is 11.4. The summed E-state index contributed by atoms with van der Waals surface area (Å²) in [6.45, 7) is 2.21. The zero-order chi connectivity index (χ0) is 9.80. The van der Waals surface area contributed by atoms with E-state index >= 15 is 0 Å². The van der Waals surface area contributed by atoms with E-state index in [4.69, 9.17) is 0 Å². The molecule has 0 aliphatic carbocycles. The Morgan fingerprint density at radius 1 is 1.50 bits per heavy atom. The lowest BCUT2D eigenvalue weighted by atomic mass is 10.3. The van der Waals surface area contributed by atoms with Crippen LogP contribution in [0, 0.1) is 0 Å². The van der Waals surface area contributed by atoms with Gasteiger partial charge in [0.2, 0.25) is 0 Å². The number of rotatable bonds is 2. The lowest BCUT2D eigenvalue weighted by Crippen LogP contribution is -2.45. The lowest BCUT2D eigenvalue weighted by Gasteiger charge is -2.26. The van der Waals surface area contributed by atoms with E-state index in [1.54, 1.807) is 11.1 Å². The molecule has 4 heteroatoms. The highest BCUT2D eigenvalue weighted by atomic mass is 16.2. The summed E-state index contributed by atoms with van der Waals surface area (Å²) in [5.41, 5.74) is 0.935. The van der Waals surface area contributed by atoms with Gasteiger partial charge in [-0.3, -0.25) is 4.98 Å². The van der Waals surface area contributed by atoms with E-state index < -0.39 is 0 Å². The van der Waals surface area contributed by atoms with Crippen LogP contribution in [0.1, 0.15) is 12.1 Å². The molecule has 1 aromatic rings. The first kappa shape index (κ1) is 8.99. The number of amides is 2. The third-order valence-electron chi connectivity index (χ3n) is 2.25. The second-order valence-electron chi connectivity index (χ2n) is 3.33. The predicted octanol–water partition coefficient (Wildman–Crippen LogP) is 0.997. The monoisotopic (exact) mass is 191 g/mol. The van der Waals surface area contributed by atoms with Crippen LogP contribution in [-0.4, -0.2) is 29.0 Å². The normalized spacial score (nSPS) is 16.6. The molecule has 0 unspecified atom stereocenters. The molecule has 4 nitrogen and oxygen atoms in total. The summed E-state index contributed by atoms with van der Waals surface area (Å²) in [6.07, 6.45) is 2.76. The smallest absolute Gasteiger partial charge is 0.317 e. The number of nitrogens with zero attached hydrogens (tertiary/aromatic N) is 2. The second-order valence-corrected chi connectivity index (χ2v) is 3.33. The average Bonchev–Trinajstić information content (AvgIpc) is 2.23.